The van der Waals surface area contributed by atoms with Gasteiger partial charge in [0.25, 0.3) is 0 Å². The van der Waals surface area contributed by atoms with E-state index in [4.69, 9.17) is 0 Å². The van der Waals surface area contributed by atoms with Gasteiger partial charge >= 0.3 is 0 Å². The first-order valence-electron chi connectivity index (χ1n) is 7.13. The van der Waals surface area contributed by atoms with Crippen molar-refractivity contribution in [2.75, 3.05) is 5.32 Å². The molecule has 0 spiro atoms. The highest BCUT2D eigenvalue weighted by atomic mass is 19.1. The molecule has 4 nitrogen and oxygen atoms in total. The summed E-state index contributed by atoms with van der Waals surface area (Å²) in [4.78, 5) is 12.5. The van der Waals surface area contributed by atoms with Crippen molar-refractivity contribution in [3.05, 3.63) is 48.0 Å². The number of nitrogens with zero attached hydrogens (tertiary/aromatic N) is 2. The number of carbonyl (C=O) groups excluding carboxylic acids is 1. The number of aromatic nitrogens is 2. The van der Waals surface area contributed by atoms with Crippen molar-refractivity contribution in [2.24, 2.45) is 0 Å². The van der Waals surface area contributed by atoms with Crippen LogP contribution in [0, 0.1) is 5.82 Å². The van der Waals surface area contributed by atoms with Crippen LogP contribution in [-0.4, -0.2) is 15.7 Å². The minimum Gasteiger partial charge on any atom is -0.323 e. The fourth-order valence-corrected chi connectivity index (χ4v) is 2.53. The minimum absolute atomic E-state index is 0.157. The van der Waals surface area contributed by atoms with Crippen molar-refractivity contribution < 1.29 is 9.18 Å². The molecule has 1 aliphatic rings. The van der Waals surface area contributed by atoms with Gasteiger partial charge in [0.2, 0.25) is 5.91 Å². The second kappa shape index (κ2) is 4.98. The molecular formula is C16H18FN3O. The third-order valence-corrected chi connectivity index (χ3v) is 3.96. The van der Waals surface area contributed by atoms with E-state index in [2.05, 4.69) is 10.4 Å². The van der Waals surface area contributed by atoms with Crippen LogP contribution in [0.5, 0.6) is 0 Å². The van der Waals surface area contributed by atoms with Gasteiger partial charge in [-0.15, -0.1) is 0 Å². The molecule has 1 fully saturated rings. The van der Waals surface area contributed by atoms with Crippen molar-refractivity contribution in [3.63, 3.8) is 0 Å². The Bertz CT molecular complexity index is 674. The lowest BCUT2D eigenvalue weighted by atomic mass is 9.94. The molecule has 0 saturated heterocycles. The number of benzene rings is 1. The van der Waals surface area contributed by atoms with Gasteiger partial charge in [0, 0.05) is 17.8 Å². The molecule has 1 amide bonds. The maximum Gasteiger partial charge on any atom is 0.235 e. The molecule has 1 saturated carbocycles. The Morgan fingerprint density at radius 1 is 1.38 bits per heavy atom. The lowest BCUT2D eigenvalue weighted by Gasteiger charge is -2.15. The number of nitrogens with one attached hydrogen (secondary N) is 1. The van der Waals surface area contributed by atoms with E-state index in [0.717, 1.165) is 0 Å². The molecule has 0 unspecified atom stereocenters. The highest BCUT2D eigenvalue weighted by molar-refractivity contribution is 6.01. The van der Waals surface area contributed by atoms with Gasteiger partial charge < -0.3 is 5.32 Å². The second-order valence-corrected chi connectivity index (χ2v) is 5.82. The zero-order valence-electron chi connectivity index (χ0n) is 12.1. The first kappa shape index (κ1) is 13.8. The van der Waals surface area contributed by atoms with Crippen molar-refractivity contribution >= 4 is 11.6 Å². The van der Waals surface area contributed by atoms with Gasteiger partial charge in [0.1, 0.15) is 5.82 Å². The van der Waals surface area contributed by atoms with Crippen molar-refractivity contribution in [2.45, 2.75) is 38.1 Å². The lowest BCUT2D eigenvalue weighted by Crippen LogP contribution is -2.28. The Kier molecular flexibility index (Phi) is 3.27. The predicted molar refractivity (Wildman–Crippen MR) is 78.6 cm³/mol. The van der Waals surface area contributed by atoms with Crippen LogP contribution in [0.2, 0.25) is 0 Å². The van der Waals surface area contributed by atoms with Crippen molar-refractivity contribution in [1.82, 2.24) is 9.78 Å². The van der Waals surface area contributed by atoms with Crippen LogP contribution in [0.15, 0.2) is 36.7 Å². The van der Waals surface area contributed by atoms with Crippen LogP contribution in [-0.2, 0) is 10.2 Å². The minimum atomic E-state index is -0.717. The third kappa shape index (κ3) is 2.44. The Morgan fingerprint density at radius 2 is 2.10 bits per heavy atom. The maximum atomic E-state index is 13.9. The summed E-state index contributed by atoms with van der Waals surface area (Å²) >= 11 is 0. The van der Waals surface area contributed by atoms with E-state index in [1.54, 1.807) is 35.3 Å². The number of anilines is 1. The van der Waals surface area contributed by atoms with Gasteiger partial charge in [-0.1, -0.05) is 18.2 Å². The largest absolute Gasteiger partial charge is 0.323 e. The number of amides is 1. The molecule has 0 atom stereocenters. The molecule has 1 heterocycles. The molecule has 1 N–H and O–H groups in total. The molecule has 0 aliphatic heterocycles. The molecule has 2 aromatic rings. The Balaban J connectivity index is 1.80. The van der Waals surface area contributed by atoms with E-state index in [9.17, 15) is 9.18 Å². The quantitative estimate of drug-likeness (QED) is 0.938. The molecule has 1 aromatic carbocycles. The van der Waals surface area contributed by atoms with Gasteiger partial charge in [-0.25, -0.2) is 4.39 Å². The van der Waals surface area contributed by atoms with E-state index in [1.807, 2.05) is 13.8 Å². The summed E-state index contributed by atoms with van der Waals surface area (Å²) in [5.41, 5.74) is 0.417. The van der Waals surface area contributed by atoms with Gasteiger partial charge in [0.15, 0.2) is 0 Å². The number of hydrogen-bond acceptors (Lipinski definition) is 2. The molecule has 110 valence electrons. The van der Waals surface area contributed by atoms with E-state index in [-0.39, 0.29) is 17.8 Å². The fraction of sp³-hybridized carbons (Fsp3) is 0.375. The normalized spacial score (nSPS) is 16.0. The molecule has 5 heteroatoms. The molecule has 0 bridgehead atoms. The summed E-state index contributed by atoms with van der Waals surface area (Å²) in [5, 5.41) is 7.05. The molecular weight excluding hydrogens is 269 g/mol. The average molecular weight is 287 g/mol. The van der Waals surface area contributed by atoms with E-state index in [1.165, 1.54) is 6.07 Å². The summed E-state index contributed by atoms with van der Waals surface area (Å²) in [6, 6.07) is 6.73. The first-order chi connectivity index (χ1) is 10.0. The number of hydrogen-bond donors (Lipinski definition) is 1. The first-order valence-corrected chi connectivity index (χ1v) is 7.13. The van der Waals surface area contributed by atoms with E-state index >= 15 is 0 Å². The standard InChI is InChI=1S/C16H18FN3O/c1-11(2)20-10-12(9-18-20)19-15(21)16(7-8-16)13-5-3-4-6-14(13)17/h3-6,9-11H,7-8H2,1-2H3,(H,19,21). The lowest BCUT2D eigenvalue weighted by molar-refractivity contribution is -0.118. The highest BCUT2D eigenvalue weighted by Crippen LogP contribution is 2.49. The van der Waals surface area contributed by atoms with Crippen LogP contribution < -0.4 is 5.32 Å². The van der Waals surface area contributed by atoms with Crippen LogP contribution in [0.3, 0.4) is 0 Å². The molecule has 21 heavy (non-hydrogen) atoms. The molecule has 3 rings (SSSR count). The van der Waals surface area contributed by atoms with Gasteiger partial charge in [-0.2, -0.15) is 5.10 Å². The van der Waals surface area contributed by atoms with Crippen LogP contribution in [0.25, 0.3) is 0 Å². The van der Waals surface area contributed by atoms with Crippen molar-refractivity contribution in [1.29, 1.82) is 0 Å². The Labute approximate surface area is 123 Å². The fourth-order valence-electron chi connectivity index (χ4n) is 2.53. The third-order valence-electron chi connectivity index (χ3n) is 3.96. The van der Waals surface area contributed by atoms with Gasteiger partial charge in [-0.05, 0) is 32.8 Å². The van der Waals surface area contributed by atoms with Crippen molar-refractivity contribution in [3.8, 4) is 0 Å². The van der Waals surface area contributed by atoms with Gasteiger partial charge in [-0.3, -0.25) is 9.48 Å². The number of halogens is 1. The highest BCUT2D eigenvalue weighted by Gasteiger charge is 2.52. The zero-order valence-corrected chi connectivity index (χ0v) is 12.1. The second-order valence-electron chi connectivity index (χ2n) is 5.82. The number of carbonyl (C=O) groups is 1. The van der Waals surface area contributed by atoms with Gasteiger partial charge in [0.05, 0.1) is 17.3 Å². The SMILES string of the molecule is CC(C)n1cc(NC(=O)C2(c3ccccc3F)CC2)cn1. The molecule has 0 radical (unpaired) electrons. The maximum absolute atomic E-state index is 13.9. The zero-order chi connectivity index (χ0) is 15.0. The Morgan fingerprint density at radius 3 is 2.67 bits per heavy atom. The Hall–Kier alpha value is -2.17. The average Bonchev–Trinajstić information content (AvgIpc) is 3.12. The smallest absolute Gasteiger partial charge is 0.235 e. The summed E-state index contributed by atoms with van der Waals surface area (Å²) in [5.74, 6) is -0.473. The van der Waals surface area contributed by atoms with Crippen LogP contribution in [0.1, 0.15) is 38.3 Å². The predicted octanol–water partition coefficient (Wildman–Crippen LogP) is 3.27. The van der Waals surface area contributed by atoms with E-state index < -0.39 is 5.41 Å². The summed E-state index contributed by atoms with van der Waals surface area (Å²) in [6.45, 7) is 4.03. The number of rotatable bonds is 4. The van der Waals surface area contributed by atoms with Crippen LogP contribution in [0.4, 0.5) is 10.1 Å². The van der Waals surface area contributed by atoms with E-state index in [0.29, 0.717) is 24.1 Å². The molecule has 1 aromatic heterocycles. The summed E-state index contributed by atoms with van der Waals surface area (Å²) < 4.78 is 15.7. The monoisotopic (exact) mass is 287 g/mol. The molecule has 1 aliphatic carbocycles. The topological polar surface area (TPSA) is 46.9 Å². The summed E-state index contributed by atoms with van der Waals surface area (Å²) in [7, 11) is 0. The summed E-state index contributed by atoms with van der Waals surface area (Å²) in [6.07, 6.45) is 4.77. The van der Waals surface area contributed by atoms with Crippen LogP contribution >= 0.6 is 0 Å².